The third-order valence-electron chi connectivity index (χ3n) is 1.64. The third-order valence-corrected chi connectivity index (χ3v) is 1.64. The zero-order chi connectivity index (χ0) is 8.72. The van der Waals surface area contributed by atoms with Crippen LogP contribution in [0, 0.1) is 6.92 Å². The number of aromatic carboxylic acids is 1. The predicted octanol–water partition coefficient (Wildman–Crippen LogP) is 0.669. The first-order valence-electron chi connectivity index (χ1n) is 3.45. The normalized spacial score (nSPS) is 10.8. The van der Waals surface area contributed by atoms with E-state index in [0.29, 0.717) is 5.65 Å². The van der Waals surface area contributed by atoms with Crippen LogP contribution in [0.1, 0.15) is 16.2 Å². The number of carbonyl (C=O) groups is 1. The van der Waals surface area contributed by atoms with E-state index in [0.717, 1.165) is 5.69 Å². The zero-order valence-electron chi connectivity index (χ0n) is 6.40. The lowest BCUT2D eigenvalue weighted by molar-refractivity contribution is 0.0688. The van der Waals surface area contributed by atoms with Gasteiger partial charge in [-0.25, -0.2) is 14.3 Å². The predicted molar refractivity (Wildman–Crippen MR) is 41.2 cm³/mol. The molecule has 12 heavy (non-hydrogen) atoms. The molecule has 0 fully saturated rings. The number of rotatable bonds is 1. The van der Waals surface area contributed by atoms with Crippen molar-refractivity contribution in [2.24, 2.45) is 0 Å². The highest BCUT2D eigenvalue weighted by Crippen LogP contribution is 2.06. The highest BCUT2D eigenvalue weighted by molar-refractivity contribution is 5.86. The van der Waals surface area contributed by atoms with Crippen molar-refractivity contribution in [1.82, 2.24) is 14.6 Å². The summed E-state index contributed by atoms with van der Waals surface area (Å²) in [6.45, 7) is 1.85. The molecule has 0 radical (unpaired) electrons. The van der Waals surface area contributed by atoms with Crippen LogP contribution in [0.3, 0.4) is 0 Å². The lowest BCUT2D eigenvalue weighted by Crippen LogP contribution is -2.01. The molecule has 0 atom stereocenters. The first-order valence-corrected chi connectivity index (χ1v) is 3.45. The van der Waals surface area contributed by atoms with E-state index >= 15 is 0 Å². The molecule has 0 unspecified atom stereocenters. The number of imidazole rings is 1. The van der Waals surface area contributed by atoms with Gasteiger partial charge in [-0.1, -0.05) is 0 Å². The van der Waals surface area contributed by atoms with Crippen LogP contribution in [0.5, 0.6) is 0 Å². The van der Waals surface area contributed by atoms with Gasteiger partial charge in [-0.15, -0.1) is 0 Å². The fourth-order valence-corrected chi connectivity index (χ4v) is 1.14. The summed E-state index contributed by atoms with van der Waals surface area (Å²) < 4.78 is 1.44. The van der Waals surface area contributed by atoms with Crippen molar-refractivity contribution in [3.63, 3.8) is 0 Å². The van der Waals surface area contributed by atoms with Gasteiger partial charge in [0.2, 0.25) is 0 Å². The average Bonchev–Trinajstić information content (AvgIpc) is 2.43. The van der Waals surface area contributed by atoms with Gasteiger partial charge in [0.15, 0.2) is 11.3 Å². The maximum Gasteiger partial charge on any atom is 0.356 e. The molecule has 5 nitrogen and oxygen atoms in total. The maximum absolute atomic E-state index is 10.6. The molecule has 62 valence electrons. The molecule has 0 aliphatic carbocycles. The minimum absolute atomic E-state index is 0.151. The summed E-state index contributed by atoms with van der Waals surface area (Å²) in [4.78, 5) is 14.5. The smallest absolute Gasteiger partial charge is 0.356 e. The number of aryl methyl sites for hydroxylation is 1. The van der Waals surface area contributed by atoms with E-state index in [2.05, 4.69) is 10.1 Å². The Kier molecular flexibility index (Phi) is 1.21. The van der Waals surface area contributed by atoms with Crippen LogP contribution in [0.2, 0.25) is 0 Å². The molecule has 0 amide bonds. The van der Waals surface area contributed by atoms with E-state index in [1.165, 1.54) is 10.7 Å². The second-order valence-corrected chi connectivity index (χ2v) is 2.58. The highest BCUT2D eigenvalue weighted by Gasteiger charge is 2.10. The average molecular weight is 165 g/mol. The first kappa shape index (κ1) is 6.90. The van der Waals surface area contributed by atoms with Gasteiger partial charge in [0, 0.05) is 11.8 Å². The van der Waals surface area contributed by atoms with Crippen LogP contribution in [-0.2, 0) is 0 Å². The van der Waals surface area contributed by atoms with Crippen LogP contribution < -0.4 is 0 Å². The fourth-order valence-electron chi connectivity index (χ4n) is 1.14. The van der Waals surface area contributed by atoms with Crippen LogP contribution >= 0.6 is 0 Å². The Labute approximate surface area is 67.6 Å². The van der Waals surface area contributed by atoms with Crippen LogP contribution in [0.4, 0.5) is 0 Å². The summed E-state index contributed by atoms with van der Waals surface area (Å²) in [5, 5.41) is 11.6. The van der Waals surface area contributed by atoms with E-state index in [4.69, 9.17) is 5.11 Å². The molecule has 0 aromatic carbocycles. The van der Waals surface area contributed by atoms with Gasteiger partial charge in [-0.2, -0.15) is 0 Å². The van der Waals surface area contributed by atoms with Gasteiger partial charge in [0.05, 0.1) is 6.20 Å². The van der Waals surface area contributed by atoms with E-state index in [-0.39, 0.29) is 5.69 Å². The first-order chi connectivity index (χ1) is 5.68. The van der Waals surface area contributed by atoms with E-state index in [9.17, 15) is 4.79 Å². The van der Waals surface area contributed by atoms with Crippen LogP contribution in [0.25, 0.3) is 5.65 Å². The molecule has 5 heteroatoms. The van der Waals surface area contributed by atoms with Crippen LogP contribution in [0.15, 0.2) is 12.3 Å². The van der Waals surface area contributed by atoms with Crippen molar-refractivity contribution in [2.75, 3.05) is 0 Å². The Balaban J connectivity index is 2.76. The Morgan fingerprint density at radius 1 is 1.75 bits per heavy atom. The molecule has 2 aromatic heterocycles. The van der Waals surface area contributed by atoms with Gasteiger partial charge >= 0.3 is 5.97 Å². The lowest BCUT2D eigenvalue weighted by atomic mass is 10.5. The Bertz CT molecular complexity index is 440. The Morgan fingerprint density at radius 3 is 3.17 bits per heavy atom. The Hall–Kier alpha value is -1.78. The van der Waals surface area contributed by atoms with Crippen LogP contribution in [-0.4, -0.2) is 25.7 Å². The molecule has 0 saturated carbocycles. The van der Waals surface area contributed by atoms with Gasteiger partial charge in [-0.05, 0) is 6.92 Å². The summed E-state index contributed by atoms with van der Waals surface area (Å²) in [6, 6.07) is 1.78. The van der Waals surface area contributed by atoms with E-state index in [1.807, 2.05) is 6.92 Å². The molecule has 2 N–H and O–H groups in total. The molecule has 0 saturated heterocycles. The molecule has 0 aliphatic rings. The number of aromatic amines is 1. The Morgan fingerprint density at radius 2 is 2.50 bits per heavy atom. The molecule has 2 rings (SSSR count). The monoisotopic (exact) mass is 165 g/mol. The van der Waals surface area contributed by atoms with Crippen molar-refractivity contribution in [2.45, 2.75) is 6.92 Å². The quantitative estimate of drug-likeness (QED) is 0.652. The van der Waals surface area contributed by atoms with E-state index < -0.39 is 5.97 Å². The van der Waals surface area contributed by atoms with Crippen molar-refractivity contribution in [3.8, 4) is 0 Å². The fraction of sp³-hybridized carbons (Fsp3) is 0.143. The molecule has 0 aliphatic heterocycles. The maximum atomic E-state index is 10.6. The third kappa shape index (κ3) is 0.795. The number of H-pyrrole nitrogens is 1. The minimum atomic E-state index is -0.982. The number of fused-ring (bicyclic) bond motifs is 1. The largest absolute Gasteiger partial charge is 0.476 e. The van der Waals surface area contributed by atoms with Gasteiger partial charge < -0.3 is 5.11 Å². The number of hydrogen-bond donors (Lipinski definition) is 2. The van der Waals surface area contributed by atoms with Gasteiger partial charge in [0.1, 0.15) is 0 Å². The molecular weight excluding hydrogens is 158 g/mol. The number of nitrogens with one attached hydrogen (secondary N) is 1. The molecule has 0 spiro atoms. The van der Waals surface area contributed by atoms with Gasteiger partial charge in [-0.3, -0.25) is 5.10 Å². The molecule has 2 heterocycles. The van der Waals surface area contributed by atoms with Crippen molar-refractivity contribution in [3.05, 3.63) is 23.7 Å². The summed E-state index contributed by atoms with van der Waals surface area (Å²) in [7, 11) is 0. The number of aromatic nitrogens is 3. The highest BCUT2D eigenvalue weighted by atomic mass is 16.4. The standard InChI is InChI=1S/C7H7N3O2/c1-4-2-6-8-3-5(7(11)12)10(6)9-4/h2-3,9H,1H3,(H,11,12). The second-order valence-electron chi connectivity index (χ2n) is 2.58. The summed E-state index contributed by atoms with van der Waals surface area (Å²) in [5.74, 6) is -0.982. The number of carboxylic acid groups (broad SMARTS) is 1. The molecular formula is C7H7N3O2. The lowest BCUT2D eigenvalue weighted by Gasteiger charge is -1.89. The zero-order valence-corrected chi connectivity index (χ0v) is 6.40. The van der Waals surface area contributed by atoms with E-state index in [1.54, 1.807) is 6.07 Å². The topological polar surface area (TPSA) is 70.4 Å². The van der Waals surface area contributed by atoms with Crippen molar-refractivity contribution in [1.29, 1.82) is 0 Å². The molecule has 0 bridgehead atoms. The second kappa shape index (κ2) is 2.10. The minimum Gasteiger partial charge on any atom is -0.476 e. The number of hydrogen-bond acceptors (Lipinski definition) is 2. The molecule has 2 aromatic rings. The summed E-state index contributed by atoms with van der Waals surface area (Å²) >= 11 is 0. The summed E-state index contributed by atoms with van der Waals surface area (Å²) in [5.41, 5.74) is 1.67. The number of nitrogens with zero attached hydrogens (tertiary/aromatic N) is 2. The summed E-state index contributed by atoms with van der Waals surface area (Å²) in [6.07, 6.45) is 1.33. The van der Waals surface area contributed by atoms with Crippen molar-refractivity contribution < 1.29 is 9.90 Å². The number of carboxylic acids is 1. The van der Waals surface area contributed by atoms with Crippen molar-refractivity contribution >= 4 is 11.6 Å². The van der Waals surface area contributed by atoms with Gasteiger partial charge in [0.25, 0.3) is 0 Å². The SMILES string of the molecule is Cc1cc2ncc(C(=O)O)n2[nH]1.